The Morgan fingerprint density at radius 2 is 2.00 bits per heavy atom. The molecule has 2 heteroatoms. The fourth-order valence-electron chi connectivity index (χ4n) is 2.02. The Labute approximate surface area is 103 Å². The molecule has 90 valence electrons. The Kier molecular flexibility index (Phi) is 3.32. The van der Waals surface area contributed by atoms with Crippen LogP contribution in [0.5, 0.6) is 0 Å². The summed E-state index contributed by atoms with van der Waals surface area (Å²) in [6, 6.07) is 8.68. The summed E-state index contributed by atoms with van der Waals surface area (Å²) in [5.74, 6) is 0.456. The SMILES string of the molecule is CCc1ccc2nc(C(C)C)cc(NC)c2c1. The molecule has 2 nitrogen and oxygen atoms in total. The normalized spacial score (nSPS) is 11.1. The second kappa shape index (κ2) is 4.74. The molecular weight excluding hydrogens is 208 g/mol. The zero-order valence-corrected chi connectivity index (χ0v) is 11.0. The van der Waals surface area contributed by atoms with Gasteiger partial charge in [-0.2, -0.15) is 0 Å². The van der Waals surface area contributed by atoms with Gasteiger partial charge in [0.1, 0.15) is 0 Å². The van der Waals surface area contributed by atoms with Gasteiger partial charge >= 0.3 is 0 Å². The largest absolute Gasteiger partial charge is 0.388 e. The molecule has 0 aliphatic heterocycles. The van der Waals surface area contributed by atoms with E-state index < -0.39 is 0 Å². The second-order valence-corrected chi connectivity index (χ2v) is 4.70. The maximum absolute atomic E-state index is 4.72. The summed E-state index contributed by atoms with van der Waals surface area (Å²) in [5.41, 5.74) is 4.76. The highest BCUT2D eigenvalue weighted by atomic mass is 14.8. The number of hydrogen-bond donors (Lipinski definition) is 1. The van der Waals surface area contributed by atoms with Gasteiger partial charge in [-0.3, -0.25) is 4.98 Å². The molecule has 0 spiro atoms. The van der Waals surface area contributed by atoms with Crippen LogP contribution >= 0.6 is 0 Å². The fourth-order valence-corrected chi connectivity index (χ4v) is 2.02. The van der Waals surface area contributed by atoms with Crippen molar-refractivity contribution in [3.05, 3.63) is 35.5 Å². The summed E-state index contributed by atoms with van der Waals surface area (Å²) < 4.78 is 0. The molecule has 0 atom stereocenters. The Bertz CT molecular complexity index is 530. The van der Waals surface area contributed by atoms with E-state index in [1.54, 1.807) is 0 Å². The van der Waals surface area contributed by atoms with Crippen molar-refractivity contribution in [1.29, 1.82) is 0 Å². The summed E-state index contributed by atoms with van der Waals surface area (Å²) in [6.45, 7) is 6.53. The monoisotopic (exact) mass is 228 g/mol. The molecular formula is C15H20N2. The lowest BCUT2D eigenvalue weighted by atomic mass is 10.0. The van der Waals surface area contributed by atoms with Crippen molar-refractivity contribution in [3.8, 4) is 0 Å². The van der Waals surface area contributed by atoms with E-state index in [2.05, 4.69) is 50.4 Å². The highest BCUT2D eigenvalue weighted by molar-refractivity contribution is 5.92. The molecule has 0 unspecified atom stereocenters. The van der Waals surface area contributed by atoms with Crippen molar-refractivity contribution in [1.82, 2.24) is 4.98 Å². The lowest BCUT2D eigenvalue weighted by Gasteiger charge is -2.12. The predicted octanol–water partition coefficient (Wildman–Crippen LogP) is 3.96. The number of nitrogens with zero attached hydrogens (tertiary/aromatic N) is 1. The van der Waals surface area contributed by atoms with E-state index >= 15 is 0 Å². The molecule has 0 aliphatic carbocycles. The van der Waals surface area contributed by atoms with Gasteiger partial charge in [-0.25, -0.2) is 0 Å². The number of benzene rings is 1. The molecule has 17 heavy (non-hydrogen) atoms. The van der Waals surface area contributed by atoms with Crippen LogP contribution in [0.4, 0.5) is 5.69 Å². The van der Waals surface area contributed by atoms with Crippen LogP contribution in [0.3, 0.4) is 0 Å². The van der Waals surface area contributed by atoms with Crippen molar-refractivity contribution in [2.75, 3.05) is 12.4 Å². The minimum Gasteiger partial charge on any atom is -0.388 e. The van der Waals surface area contributed by atoms with Crippen molar-refractivity contribution in [2.24, 2.45) is 0 Å². The molecule has 2 aromatic rings. The molecule has 2 rings (SSSR count). The van der Waals surface area contributed by atoms with Crippen LogP contribution in [0.2, 0.25) is 0 Å². The molecule has 0 saturated carbocycles. The maximum atomic E-state index is 4.72. The van der Waals surface area contributed by atoms with Crippen molar-refractivity contribution in [2.45, 2.75) is 33.1 Å². The number of fused-ring (bicyclic) bond motifs is 1. The van der Waals surface area contributed by atoms with Gasteiger partial charge in [-0.1, -0.05) is 26.8 Å². The van der Waals surface area contributed by atoms with E-state index in [4.69, 9.17) is 4.98 Å². The molecule has 0 fully saturated rings. The first kappa shape index (κ1) is 11.9. The number of anilines is 1. The zero-order chi connectivity index (χ0) is 12.4. The molecule has 0 amide bonds. The Morgan fingerprint density at radius 3 is 2.59 bits per heavy atom. The first-order chi connectivity index (χ1) is 8.15. The van der Waals surface area contributed by atoms with E-state index in [-0.39, 0.29) is 0 Å². The molecule has 0 radical (unpaired) electrons. The number of aromatic nitrogens is 1. The van der Waals surface area contributed by atoms with Crippen LogP contribution in [0, 0.1) is 0 Å². The predicted molar refractivity (Wildman–Crippen MR) is 74.8 cm³/mol. The number of nitrogens with one attached hydrogen (secondary N) is 1. The topological polar surface area (TPSA) is 24.9 Å². The van der Waals surface area contributed by atoms with Gasteiger partial charge in [0.25, 0.3) is 0 Å². The average molecular weight is 228 g/mol. The van der Waals surface area contributed by atoms with Gasteiger partial charge in [0.15, 0.2) is 0 Å². The van der Waals surface area contributed by atoms with Gasteiger partial charge in [0.05, 0.1) is 5.52 Å². The van der Waals surface area contributed by atoms with Gasteiger partial charge in [0, 0.05) is 23.8 Å². The van der Waals surface area contributed by atoms with Crippen LogP contribution in [-0.4, -0.2) is 12.0 Å². The van der Waals surface area contributed by atoms with Crippen LogP contribution in [0.1, 0.15) is 37.9 Å². The van der Waals surface area contributed by atoms with Crippen molar-refractivity contribution in [3.63, 3.8) is 0 Å². The minimum absolute atomic E-state index is 0.456. The average Bonchev–Trinajstić information content (AvgIpc) is 2.36. The van der Waals surface area contributed by atoms with Crippen LogP contribution in [0.15, 0.2) is 24.3 Å². The first-order valence-electron chi connectivity index (χ1n) is 6.27. The van der Waals surface area contributed by atoms with Gasteiger partial charge in [-0.05, 0) is 36.1 Å². The molecule has 1 heterocycles. The highest BCUT2D eigenvalue weighted by Crippen LogP contribution is 2.27. The van der Waals surface area contributed by atoms with Crippen LogP contribution < -0.4 is 5.32 Å². The van der Waals surface area contributed by atoms with Gasteiger partial charge < -0.3 is 5.32 Å². The van der Waals surface area contributed by atoms with E-state index in [0.717, 1.165) is 17.6 Å². The molecule has 1 aromatic carbocycles. The maximum Gasteiger partial charge on any atom is 0.0726 e. The van der Waals surface area contributed by atoms with Crippen LogP contribution in [-0.2, 0) is 6.42 Å². The zero-order valence-electron chi connectivity index (χ0n) is 11.0. The minimum atomic E-state index is 0.456. The number of rotatable bonds is 3. The Hall–Kier alpha value is -1.57. The molecule has 1 N–H and O–H groups in total. The van der Waals surface area contributed by atoms with Gasteiger partial charge in [-0.15, -0.1) is 0 Å². The summed E-state index contributed by atoms with van der Waals surface area (Å²) >= 11 is 0. The highest BCUT2D eigenvalue weighted by Gasteiger charge is 2.07. The van der Waals surface area contributed by atoms with E-state index in [1.165, 1.54) is 16.6 Å². The molecule has 0 saturated heterocycles. The smallest absolute Gasteiger partial charge is 0.0726 e. The molecule has 1 aromatic heterocycles. The fraction of sp³-hybridized carbons (Fsp3) is 0.400. The quantitative estimate of drug-likeness (QED) is 0.860. The molecule has 0 aliphatic rings. The van der Waals surface area contributed by atoms with E-state index in [0.29, 0.717) is 5.92 Å². The van der Waals surface area contributed by atoms with Gasteiger partial charge in [0.2, 0.25) is 0 Å². The summed E-state index contributed by atoms with van der Waals surface area (Å²) in [6.07, 6.45) is 1.06. The number of aryl methyl sites for hydroxylation is 1. The van der Waals surface area contributed by atoms with E-state index in [1.807, 2.05) is 7.05 Å². The third-order valence-corrected chi connectivity index (χ3v) is 3.16. The summed E-state index contributed by atoms with van der Waals surface area (Å²) in [4.78, 5) is 4.72. The van der Waals surface area contributed by atoms with Crippen LogP contribution in [0.25, 0.3) is 10.9 Å². The van der Waals surface area contributed by atoms with E-state index in [9.17, 15) is 0 Å². The number of hydrogen-bond acceptors (Lipinski definition) is 2. The summed E-state index contributed by atoms with van der Waals surface area (Å²) in [7, 11) is 1.97. The third-order valence-electron chi connectivity index (χ3n) is 3.16. The lowest BCUT2D eigenvalue weighted by Crippen LogP contribution is -1.98. The van der Waals surface area contributed by atoms with Crippen molar-refractivity contribution >= 4 is 16.6 Å². The standard InChI is InChI=1S/C15H20N2/c1-5-11-6-7-13-12(8-11)15(16-4)9-14(17-13)10(2)3/h6-10H,5H2,1-4H3,(H,16,17). The van der Waals surface area contributed by atoms with Crippen molar-refractivity contribution < 1.29 is 0 Å². The first-order valence-corrected chi connectivity index (χ1v) is 6.27. The lowest BCUT2D eigenvalue weighted by molar-refractivity contribution is 0.830. The number of pyridine rings is 1. The Balaban J connectivity index is 2.68. The third kappa shape index (κ3) is 2.26. The second-order valence-electron chi connectivity index (χ2n) is 4.70. The molecule has 0 bridgehead atoms. The summed E-state index contributed by atoms with van der Waals surface area (Å²) in [5, 5.41) is 4.50. The Morgan fingerprint density at radius 1 is 1.24 bits per heavy atom.